The summed E-state index contributed by atoms with van der Waals surface area (Å²) in [4.78, 5) is 18.1. The van der Waals surface area contributed by atoms with Crippen LogP contribution in [0.1, 0.15) is 34.6 Å². The number of fused-ring (bicyclic) bond motifs is 1. The first-order valence-electron chi connectivity index (χ1n) is 12.2. The molecule has 0 radical (unpaired) electrons. The van der Waals surface area contributed by atoms with E-state index < -0.39 is 0 Å². The van der Waals surface area contributed by atoms with Crippen LogP contribution in [0.15, 0.2) is 83.3 Å². The van der Waals surface area contributed by atoms with Crippen molar-refractivity contribution >= 4 is 22.6 Å². The van der Waals surface area contributed by atoms with Gasteiger partial charge in [-0.15, -0.1) is 0 Å². The molecule has 0 aliphatic carbocycles. The molecular weight excluding hydrogens is 438 g/mol. The average molecular weight is 470 g/mol. The molecule has 1 N–H and O–H groups in total. The van der Waals surface area contributed by atoms with Crippen molar-refractivity contribution in [3.8, 4) is 5.75 Å². The molecule has 0 bridgehead atoms. The number of methoxy groups -OCH3 is 1. The molecule has 6 heteroatoms. The Morgan fingerprint density at radius 2 is 1.63 bits per heavy atom. The number of nitrogens with one attached hydrogen (secondary N) is 1. The zero-order chi connectivity index (χ0) is 24.2. The maximum Gasteiger partial charge on any atom is 0.255 e. The van der Waals surface area contributed by atoms with Crippen LogP contribution in [0.2, 0.25) is 0 Å². The summed E-state index contributed by atoms with van der Waals surface area (Å²) in [5.74, 6) is 1.42. The van der Waals surface area contributed by atoms with Crippen LogP contribution in [0.4, 0.5) is 5.69 Å². The van der Waals surface area contributed by atoms with Crippen LogP contribution in [-0.2, 0) is 0 Å². The van der Waals surface area contributed by atoms with Crippen molar-refractivity contribution in [1.29, 1.82) is 0 Å². The van der Waals surface area contributed by atoms with Crippen molar-refractivity contribution in [3.63, 3.8) is 0 Å². The van der Waals surface area contributed by atoms with Gasteiger partial charge in [-0.3, -0.25) is 9.69 Å². The van der Waals surface area contributed by atoms with E-state index in [0.717, 1.165) is 66.5 Å². The van der Waals surface area contributed by atoms with E-state index in [1.807, 2.05) is 66.7 Å². The van der Waals surface area contributed by atoms with Crippen LogP contribution in [-0.4, -0.2) is 55.5 Å². The van der Waals surface area contributed by atoms with E-state index in [-0.39, 0.29) is 11.9 Å². The fourth-order valence-corrected chi connectivity index (χ4v) is 4.81. The summed E-state index contributed by atoms with van der Waals surface area (Å²) in [5, 5.41) is 4.09. The third kappa shape index (κ3) is 4.81. The Hall–Kier alpha value is -3.61. The van der Waals surface area contributed by atoms with E-state index in [0.29, 0.717) is 5.56 Å². The number of hydrogen-bond donors (Lipinski definition) is 1. The Morgan fingerprint density at radius 1 is 0.943 bits per heavy atom. The van der Waals surface area contributed by atoms with Crippen molar-refractivity contribution in [1.82, 2.24) is 9.80 Å². The minimum absolute atomic E-state index is 0.140. The molecule has 2 heterocycles. The van der Waals surface area contributed by atoms with Gasteiger partial charge in [0.1, 0.15) is 17.1 Å². The molecule has 35 heavy (non-hydrogen) atoms. The van der Waals surface area contributed by atoms with Crippen LogP contribution in [0.5, 0.6) is 5.75 Å². The number of anilines is 1. The van der Waals surface area contributed by atoms with Crippen LogP contribution < -0.4 is 10.1 Å². The lowest BCUT2D eigenvalue weighted by Gasteiger charge is -2.38. The Labute approximate surface area is 206 Å². The summed E-state index contributed by atoms with van der Waals surface area (Å²) in [5.41, 5.74) is 3.20. The number of hydrogen-bond acceptors (Lipinski definition) is 5. The molecule has 5 rings (SSSR count). The van der Waals surface area contributed by atoms with Gasteiger partial charge in [0.2, 0.25) is 0 Å². The fraction of sp³-hybridized carbons (Fsp3) is 0.276. The van der Waals surface area contributed by atoms with Crippen molar-refractivity contribution < 1.29 is 13.9 Å². The van der Waals surface area contributed by atoms with Crippen molar-refractivity contribution in [2.24, 2.45) is 0 Å². The second kappa shape index (κ2) is 10.3. The Morgan fingerprint density at radius 3 is 2.31 bits per heavy atom. The zero-order valence-corrected chi connectivity index (χ0v) is 20.2. The average Bonchev–Trinajstić information content (AvgIpc) is 3.27. The number of para-hydroxylation sites is 1. The molecule has 0 saturated carbocycles. The lowest BCUT2D eigenvalue weighted by atomic mass is 9.99. The van der Waals surface area contributed by atoms with E-state index in [4.69, 9.17) is 9.15 Å². The number of nitrogens with zero attached hydrogens (tertiary/aromatic N) is 2. The molecule has 1 aliphatic rings. The molecular formula is C29H31N3O3. The monoisotopic (exact) mass is 469 g/mol. The lowest BCUT2D eigenvalue weighted by molar-refractivity contribution is 0.102. The zero-order valence-electron chi connectivity index (χ0n) is 20.2. The maximum atomic E-state index is 13.2. The molecule has 4 aromatic rings. The molecule has 1 aromatic heterocycles. The van der Waals surface area contributed by atoms with Gasteiger partial charge in [0.05, 0.1) is 18.8 Å². The van der Waals surface area contributed by atoms with Crippen molar-refractivity contribution in [2.75, 3.05) is 45.2 Å². The molecule has 6 nitrogen and oxygen atoms in total. The predicted molar refractivity (Wildman–Crippen MR) is 139 cm³/mol. The van der Waals surface area contributed by atoms with E-state index in [2.05, 4.69) is 34.2 Å². The van der Waals surface area contributed by atoms with Gasteiger partial charge in [-0.25, -0.2) is 0 Å². The predicted octanol–water partition coefficient (Wildman–Crippen LogP) is 5.42. The van der Waals surface area contributed by atoms with Gasteiger partial charge in [0.15, 0.2) is 0 Å². The van der Waals surface area contributed by atoms with E-state index in [1.54, 1.807) is 7.11 Å². The molecule has 0 spiro atoms. The molecule has 1 aliphatic heterocycles. The number of rotatable bonds is 7. The Kier molecular flexibility index (Phi) is 6.84. The Balaban J connectivity index is 1.60. The highest BCUT2D eigenvalue weighted by atomic mass is 16.5. The normalized spacial score (nSPS) is 15.7. The fourth-order valence-electron chi connectivity index (χ4n) is 4.81. The molecule has 1 atom stereocenters. The van der Waals surface area contributed by atoms with E-state index in [9.17, 15) is 4.79 Å². The number of carbonyl (C=O) groups is 1. The number of piperazine rings is 1. The number of ether oxygens (including phenoxy) is 1. The first kappa shape index (κ1) is 23.1. The van der Waals surface area contributed by atoms with Gasteiger partial charge in [0.25, 0.3) is 5.91 Å². The number of amides is 1. The summed E-state index contributed by atoms with van der Waals surface area (Å²) in [6, 6.07) is 25.2. The third-order valence-electron chi connectivity index (χ3n) is 6.80. The van der Waals surface area contributed by atoms with Crippen LogP contribution >= 0.6 is 0 Å². The molecule has 1 unspecified atom stereocenters. The number of likely N-dealkylation sites (N-methyl/N-ethyl adjacent to an activating group) is 1. The van der Waals surface area contributed by atoms with Gasteiger partial charge < -0.3 is 19.4 Å². The molecule has 3 aromatic carbocycles. The minimum Gasteiger partial charge on any atom is -0.497 e. The molecule has 1 fully saturated rings. The van der Waals surface area contributed by atoms with Gasteiger partial charge in [-0.05, 0) is 48.5 Å². The summed E-state index contributed by atoms with van der Waals surface area (Å²) in [6.45, 7) is 7.06. The molecule has 1 amide bonds. The van der Waals surface area contributed by atoms with Crippen molar-refractivity contribution in [2.45, 2.75) is 13.0 Å². The van der Waals surface area contributed by atoms with Crippen molar-refractivity contribution in [3.05, 3.63) is 95.7 Å². The number of benzene rings is 3. The van der Waals surface area contributed by atoms with E-state index >= 15 is 0 Å². The highest BCUT2D eigenvalue weighted by Gasteiger charge is 2.32. The summed E-state index contributed by atoms with van der Waals surface area (Å²) in [6.07, 6.45) is 0. The second-order valence-electron chi connectivity index (χ2n) is 8.80. The topological polar surface area (TPSA) is 58.0 Å². The third-order valence-corrected chi connectivity index (χ3v) is 6.80. The maximum absolute atomic E-state index is 13.2. The molecule has 180 valence electrons. The first-order chi connectivity index (χ1) is 17.2. The highest BCUT2D eigenvalue weighted by Crippen LogP contribution is 2.41. The largest absolute Gasteiger partial charge is 0.497 e. The number of furan rings is 1. The van der Waals surface area contributed by atoms with Gasteiger partial charge in [-0.2, -0.15) is 0 Å². The van der Waals surface area contributed by atoms with Gasteiger partial charge in [0, 0.05) is 37.1 Å². The highest BCUT2D eigenvalue weighted by molar-refractivity contribution is 6.09. The second-order valence-corrected chi connectivity index (χ2v) is 8.80. The van der Waals surface area contributed by atoms with Gasteiger partial charge in [-0.1, -0.05) is 49.4 Å². The summed E-state index contributed by atoms with van der Waals surface area (Å²) < 4.78 is 11.9. The number of carbonyl (C=O) groups excluding carboxylic acids is 1. The van der Waals surface area contributed by atoms with Crippen LogP contribution in [0, 0.1) is 0 Å². The van der Waals surface area contributed by atoms with E-state index in [1.165, 1.54) is 0 Å². The quantitative estimate of drug-likeness (QED) is 0.392. The van der Waals surface area contributed by atoms with Crippen LogP contribution in [0.3, 0.4) is 0 Å². The smallest absolute Gasteiger partial charge is 0.255 e. The summed E-state index contributed by atoms with van der Waals surface area (Å²) in [7, 11) is 1.67. The van der Waals surface area contributed by atoms with Crippen LogP contribution in [0.25, 0.3) is 11.0 Å². The SMILES string of the molecule is CCN1CCN(C(c2ccc(OC)cc2)c2oc3ccccc3c2NC(=O)c2ccccc2)CC1. The minimum atomic E-state index is -0.150. The molecule has 1 saturated heterocycles. The standard InChI is InChI=1S/C29H31N3O3/c1-3-31-17-19-32(20-18-31)27(21-13-15-23(34-2)16-14-21)28-26(24-11-7-8-12-25(24)35-28)30-29(33)22-9-5-4-6-10-22/h4-16,27H,3,17-20H2,1-2H3,(H,30,33). The Bertz CT molecular complexity index is 1280. The summed E-state index contributed by atoms with van der Waals surface area (Å²) >= 11 is 0. The first-order valence-corrected chi connectivity index (χ1v) is 12.2. The lowest BCUT2D eigenvalue weighted by Crippen LogP contribution is -2.47. The van der Waals surface area contributed by atoms with Gasteiger partial charge >= 0.3 is 0 Å².